The van der Waals surface area contributed by atoms with Gasteiger partial charge in [-0.25, -0.2) is 22.1 Å². The van der Waals surface area contributed by atoms with Crippen molar-refractivity contribution in [2.24, 2.45) is 7.05 Å². The van der Waals surface area contributed by atoms with Crippen molar-refractivity contribution in [3.63, 3.8) is 0 Å². The third kappa shape index (κ3) is 4.68. The molecule has 3 rings (SSSR count). The number of amides is 1. The summed E-state index contributed by atoms with van der Waals surface area (Å²) in [6.45, 7) is 0.355. The fourth-order valence-corrected chi connectivity index (χ4v) is 4.10. The fraction of sp³-hybridized carbons (Fsp3) is 0.333. The van der Waals surface area contributed by atoms with Crippen LogP contribution < -0.4 is 5.32 Å². The van der Waals surface area contributed by atoms with Crippen LogP contribution in [-0.2, 0) is 34.7 Å². The van der Waals surface area contributed by atoms with Crippen LogP contribution in [0.2, 0.25) is 0 Å². The van der Waals surface area contributed by atoms with E-state index >= 15 is 0 Å². The van der Waals surface area contributed by atoms with Crippen LogP contribution in [0.15, 0.2) is 47.4 Å². The molecular weight excluding hydrogens is 407 g/mol. The summed E-state index contributed by atoms with van der Waals surface area (Å²) in [4.78, 5) is 16.8. The van der Waals surface area contributed by atoms with Gasteiger partial charge in [-0.15, -0.1) is 0 Å². The second-order valence-corrected chi connectivity index (χ2v) is 9.37. The van der Waals surface area contributed by atoms with E-state index in [1.165, 1.54) is 20.2 Å². The number of imidazole rings is 1. The zero-order valence-electron chi connectivity index (χ0n) is 17.2. The number of carbonyl (C=O) groups excluding carboxylic acids is 1. The Morgan fingerprint density at radius 1 is 1.17 bits per heavy atom. The first-order valence-electron chi connectivity index (χ1n) is 9.58. The van der Waals surface area contributed by atoms with Gasteiger partial charge in [-0.05, 0) is 36.2 Å². The molecule has 0 spiro atoms. The highest BCUT2D eigenvalue weighted by Gasteiger charge is 2.19. The van der Waals surface area contributed by atoms with Gasteiger partial charge >= 0.3 is 0 Å². The molecular formula is C21H25FN4O3S. The van der Waals surface area contributed by atoms with Gasteiger partial charge in [0.15, 0.2) is 0 Å². The molecule has 0 aliphatic rings. The molecule has 0 radical (unpaired) electrons. The molecule has 160 valence electrons. The molecule has 2 aromatic carbocycles. The number of aromatic nitrogens is 2. The maximum Gasteiger partial charge on any atom is 0.242 e. The molecule has 0 saturated carbocycles. The van der Waals surface area contributed by atoms with Gasteiger partial charge in [0.1, 0.15) is 11.6 Å². The molecule has 30 heavy (non-hydrogen) atoms. The van der Waals surface area contributed by atoms with Gasteiger partial charge in [0.05, 0.1) is 15.9 Å². The number of carbonyl (C=O) groups is 1. The van der Waals surface area contributed by atoms with Crippen LogP contribution in [0.3, 0.4) is 0 Å². The number of halogens is 1. The van der Waals surface area contributed by atoms with E-state index in [0.717, 1.165) is 9.82 Å². The Morgan fingerprint density at radius 2 is 1.90 bits per heavy atom. The van der Waals surface area contributed by atoms with E-state index in [2.05, 4.69) is 10.3 Å². The first-order chi connectivity index (χ1) is 14.2. The first-order valence-corrected chi connectivity index (χ1v) is 11.0. The van der Waals surface area contributed by atoms with E-state index in [-0.39, 0.29) is 23.0 Å². The Bertz CT molecular complexity index is 1170. The van der Waals surface area contributed by atoms with Crippen molar-refractivity contribution in [3.05, 3.63) is 59.7 Å². The van der Waals surface area contributed by atoms with Crippen LogP contribution in [0.1, 0.15) is 17.8 Å². The maximum absolute atomic E-state index is 13.6. The number of hydrogen-bond donors (Lipinski definition) is 1. The summed E-state index contributed by atoms with van der Waals surface area (Å²) in [5.41, 5.74) is 1.93. The molecule has 0 fully saturated rings. The summed E-state index contributed by atoms with van der Waals surface area (Å²) in [6, 6.07) is 11.3. The summed E-state index contributed by atoms with van der Waals surface area (Å²) < 4.78 is 41.3. The van der Waals surface area contributed by atoms with Crippen molar-refractivity contribution in [1.82, 2.24) is 19.2 Å². The van der Waals surface area contributed by atoms with Crippen molar-refractivity contribution in [2.45, 2.75) is 24.2 Å². The predicted octanol–water partition coefficient (Wildman–Crippen LogP) is 2.25. The molecule has 0 bridgehead atoms. The molecule has 3 aromatic rings. The molecule has 1 amide bonds. The van der Waals surface area contributed by atoms with Crippen molar-refractivity contribution in [2.75, 3.05) is 20.6 Å². The Balaban J connectivity index is 1.62. The number of nitrogens with zero attached hydrogens (tertiary/aromatic N) is 3. The van der Waals surface area contributed by atoms with Crippen LogP contribution >= 0.6 is 0 Å². The molecule has 1 heterocycles. The second-order valence-electron chi connectivity index (χ2n) is 7.22. The van der Waals surface area contributed by atoms with Gasteiger partial charge in [0.2, 0.25) is 15.9 Å². The lowest BCUT2D eigenvalue weighted by Crippen LogP contribution is -2.26. The van der Waals surface area contributed by atoms with Crippen molar-refractivity contribution in [1.29, 1.82) is 0 Å². The van der Waals surface area contributed by atoms with Gasteiger partial charge < -0.3 is 9.88 Å². The van der Waals surface area contributed by atoms with Gasteiger partial charge in [-0.3, -0.25) is 4.79 Å². The van der Waals surface area contributed by atoms with Crippen LogP contribution in [0.4, 0.5) is 4.39 Å². The average Bonchev–Trinajstić information content (AvgIpc) is 3.03. The predicted molar refractivity (Wildman–Crippen MR) is 113 cm³/mol. The number of benzene rings is 2. The van der Waals surface area contributed by atoms with Crippen LogP contribution in [0.5, 0.6) is 0 Å². The van der Waals surface area contributed by atoms with E-state index in [4.69, 9.17) is 0 Å². The van der Waals surface area contributed by atoms with Gasteiger partial charge in [0.25, 0.3) is 0 Å². The fourth-order valence-electron chi connectivity index (χ4n) is 3.18. The minimum atomic E-state index is -3.54. The van der Waals surface area contributed by atoms with Gasteiger partial charge in [-0.1, -0.05) is 18.2 Å². The highest BCUT2D eigenvalue weighted by atomic mass is 32.2. The maximum atomic E-state index is 13.6. The first kappa shape index (κ1) is 21.9. The van der Waals surface area contributed by atoms with E-state index in [1.54, 1.807) is 36.4 Å². The lowest BCUT2D eigenvalue weighted by atomic mass is 10.1. The average molecular weight is 433 g/mol. The van der Waals surface area contributed by atoms with E-state index in [1.807, 2.05) is 11.6 Å². The Kier molecular flexibility index (Phi) is 6.52. The van der Waals surface area contributed by atoms with Crippen LogP contribution in [0, 0.1) is 5.82 Å². The number of rotatable bonds is 8. The van der Waals surface area contributed by atoms with Crippen molar-refractivity contribution < 1.29 is 17.6 Å². The number of hydrogen-bond acceptors (Lipinski definition) is 4. The van der Waals surface area contributed by atoms with Crippen molar-refractivity contribution in [3.8, 4) is 0 Å². The quantitative estimate of drug-likeness (QED) is 0.592. The second kappa shape index (κ2) is 8.93. The zero-order valence-corrected chi connectivity index (χ0v) is 18.0. The minimum Gasteiger partial charge on any atom is -0.356 e. The molecule has 0 saturated heterocycles. The summed E-state index contributed by atoms with van der Waals surface area (Å²) in [6.07, 6.45) is 1.07. The normalized spacial score (nSPS) is 11.9. The third-order valence-electron chi connectivity index (χ3n) is 4.97. The highest BCUT2D eigenvalue weighted by molar-refractivity contribution is 7.89. The molecule has 9 heteroatoms. The number of aryl methyl sites for hydroxylation is 2. The number of fused-ring (bicyclic) bond motifs is 1. The Labute approximate surface area is 175 Å². The Hall–Kier alpha value is -2.78. The van der Waals surface area contributed by atoms with Gasteiger partial charge in [0, 0.05) is 40.5 Å². The van der Waals surface area contributed by atoms with Crippen LogP contribution in [0.25, 0.3) is 11.0 Å². The molecule has 1 aromatic heterocycles. The smallest absolute Gasteiger partial charge is 0.242 e. The molecule has 0 aliphatic carbocycles. The SMILES string of the molecule is CN(C)S(=O)(=O)c1ccc2c(c1)nc(CCC(=O)NCCc1ccccc1F)n2C. The molecule has 1 N–H and O–H groups in total. The number of nitrogens with one attached hydrogen (secondary N) is 1. The minimum absolute atomic E-state index is 0.144. The summed E-state index contributed by atoms with van der Waals surface area (Å²) in [7, 11) is 1.25. The van der Waals surface area contributed by atoms with E-state index in [9.17, 15) is 17.6 Å². The third-order valence-corrected chi connectivity index (χ3v) is 6.78. The molecule has 0 unspecified atom stereocenters. The topological polar surface area (TPSA) is 84.3 Å². The number of sulfonamides is 1. The Morgan fingerprint density at radius 3 is 2.60 bits per heavy atom. The van der Waals surface area contributed by atoms with E-state index in [0.29, 0.717) is 36.3 Å². The van der Waals surface area contributed by atoms with E-state index < -0.39 is 10.0 Å². The standard InChI is InChI=1S/C21H25FN4O3S/c1-25(2)30(28,29)16-8-9-19-18(14-16)24-20(26(19)3)10-11-21(27)23-13-12-15-6-4-5-7-17(15)22/h4-9,14H,10-13H2,1-3H3,(H,23,27). The summed E-state index contributed by atoms with van der Waals surface area (Å²) >= 11 is 0. The van der Waals surface area contributed by atoms with Crippen molar-refractivity contribution >= 4 is 27.0 Å². The van der Waals surface area contributed by atoms with Crippen LogP contribution in [-0.4, -0.2) is 48.8 Å². The summed E-state index contributed by atoms with van der Waals surface area (Å²) in [5, 5.41) is 2.80. The lowest BCUT2D eigenvalue weighted by molar-refractivity contribution is -0.121. The largest absolute Gasteiger partial charge is 0.356 e. The summed E-state index contributed by atoms with van der Waals surface area (Å²) in [5.74, 6) is 0.269. The zero-order chi connectivity index (χ0) is 21.9. The molecule has 0 aliphatic heterocycles. The van der Waals surface area contributed by atoms with Gasteiger partial charge in [-0.2, -0.15) is 0 Å². The molecule has 7 nitrogen and oxygen atoms in total. The lowest BCUT2D eigenvalue weighted by Gasteiger charge is -2.10. The highest BCUT2D eigenvalue weighted by Crippen LogP contribution is 2.21. The molecule has 0 atom stereocenters. The monoisotopic (exact) mass is 432 g/mol.